The van der Waals surface area contributed by atoms with E-state index in [0.29, 0.717) is 5.92 Å². The lowest BCUT2D eigenvalue weighted by Crippen LogP contribution is -2.23. The minimum absolute atomic E-state index is 0.00348. The summed E-state index contributed by atoms with van der Waals surface area (Å²) in [6, 6.07) is 8.03. The Morgan fingerprint density at radius 2 is 2.09 bits per heavy atom. The van der Waals surface area contributed by atoms with E-state index in [0.717, 1.165) is 17.3 Å². The van der Waals surface area contributed by atoms with Gasteiger partial charge in [-0.15, -0.1) is 0 Å². The molecule has 1 aromatic carbocycles. The van der Waals surface area contributed by atoms with Crippen LogP contribution in [0.3, 0.4) is 0 Å². The normalized spacial score (nSPS) is 13.6. The molecule has 0 aliphatic carbocycles. The average Bonchev–Trinajstić information content (AvgIpc) is 2.92. The quantitative estimate of drug-likeness (QED) is 0.818. The fourth-order valence-corrected chi connectivity index (χ4v) is 3.00. The number of aryl methyl sites for hydroxylation is 1. The largest absolute Gasteiger partial charge is 0.329 e. The van der Waals surface area contributed by atoms with Crippen LogP contribution in [0.5, 0.6) is 0 Å². The zero-order chi connectivity index (χ0) is 16.1. The van der Waals surface area contributed by atoms with Gasteiger partial charge in [-0.05, 0) is 30.9 Å². The van der Waals surface area contributed by atoms with Gasteiger partial charge in [0.05, 0.1) is 5.25 Å². The zero-order valence-corrected chi connectivity index (χ0v) is 14.4. The Hall–Kier alpha value is -1.75. The molecule has 118 valence electrons. The van der Waals surface area contributed by atoms with Crippen molar-refractivity contribution in [1.29, 1.82) is 0 Å². The van der Waals surface area contributed by atoms with Gasteiger partial charge in [-0.1, -0.05) is 43.8 Å². The molecule has 1 heterocycles. The molecule has 0 aliphatic heterocycles. The molecule has 2 aromatic rings. The third-order valence-electron chi connectivity index (χ3n) is 3.79. The summed E-state index contributed by atoms with van der Waals surface area (Å²) in [4.78, 5) is 16.7. The van der Waals surface area contributed by atoms with Gasteiger partial charge in [-0.2, -0.15) is 0 Å². The van der Waals surface area contributed by atoms with Crippen molar-refractivity contribution in [3.63, 3.8) is 0 Å². The molecule has 0 unspecified atom stereocenters. The van der Waals surface area contributed by atoms with Gasteiger partial charge in [0.1, 0.15) is 0 Å². The fraction of sp³-hybridized carbons (Fsp3) is 0.412. The predicted octanol–water partition coefficient (Wildman–Crippen LogP) is 4.05. The summed E-state index contributed by atoms with van der Waals surface area (Å²) in [5.74, 6) is 0.428. The van der Waals surface area contributed by atoms with Crippen molar-refractivity contribution in [2.24, 2.45) is 7.05 Å². The van der Waals surface area contributed by atoms with Crippen LogP contribution in [-0.2, 0) is 11.8 Å². The summed E-state index contributed by atoms with van der Waals surface area (Å²) in [6.07, 6.45) is 4.67. The first-order valence-electron chi connectivity index (χ1n) is 7.56. The minimum Gasteiger partial charge on any atom is -0.329 e. The molecule has 1 amide bonds. The lowest BCUT2D eigenvalue weighted by atomic mass is 9.97. The molecule has 0 radical (unpaired) electrons. The van der Waals surface area contributed by atoms with Crippen molar-refractivity contribution in [2.75, 3.05) is 5.32 Å². The van der Waals surface area contributed by atoms with Gasteiger partial charge in [-0.25, -0.2) is 4.98 Å². The minimum atomic E-state index is -0.203. The second-order valence-electron chi connectivity index (χ2n) is 5.47. The molecular formula is C17H23N3OS. The highest BCUT2D eigenvalue weighted by Gasteiger charge is 2.18. The number of nitrogens with one attached hydrogen (secondary N) is 1. The summed E-state index contributed by atoms with van der Waals surface area (Å²) in [5, 5.41) is 3.70. The summed E-state index contributed by atoms with van der Waals surface area (Å²) in [6.45, 7) is 6.24. The van der Waals surface area contributed by atoms with Crippen LogP contribution >= 0.6 is 11.8 Å². The third kappa shape index (κ3) is 3.91. The van der Waals surface area contributed by atoms with Gasteiger partial charge in [0.15, 0.2) is 5.16 Å². The van der Waals surface area contributed by atoms with Crippen LogP contribution in [0.2, 0.25) is 0 Å². The number of benzene rings is 1. The van der Waals surface area contributed by atoms with Crippen molar-refractivity contribution in [3.8, 4) is 0 Å². The first kappa shape index (κ1) is 16.6. The van der Waals surface area contributed by atoms with E-state index in [2.05, 4.69) is 30.2 Å². The Balaban J connectivity index is 2.07. The van der Waals surface area contributed by atoms with Crippen LogP contribution in [-0.4, -0.2) is 20.7 Å². The van der Waals surface area contributed by atoms with Gasteiger partial charge in [0.25, 0.3) is 0 Å². The molecule has 22 heavy (non-hydrogen) atoms. The Bertz CT molecular complexity index is 638. The number of thioether (sulfide) groups is 1. The van der Waals surface area contributed by atoms with E-state index < -0.39 is 0 Å². The van der Waals surface area contributed by atoms with E-state index in [4.69, 9.17) is 0 Å². The lowest BCUT2D eigenvalue weighted by molar-refractivity contribution is -0.115. The fourth-order valence-electron chi connectivity index (χ4n) is 2.17. The molecule has 0 saturated carbocycles. The molecule has 0 fully saturated rings. The number of anilines is 1. The Labute approximate surface area is 136 Å². The molecule has 0 aliphatic rings. The molecular weight excluding hydrogens is 294 g/mol. The van der Waals surface area contributed by atoms with Gasteiger partial charge in [-0.3, -0.25) is 4.79 Å². The number of para-hydroxylation sites is 1. The number of rotatable bonds is 6. The van der Waals surface area contributed by atoms with Crippen LogP contribution in [0, 0.1) is 0 Å². The predicted molar refractivity (Wildman–Crippen MR) is 92.3 cm³/mol. The van der Waals surface area contributed by atoms with E-state index in [-0.39, 0.29) is 11.2 Å². The molecule has 0 bridgehead atoms. The number of hydrogen-bond acceptors (Lipinski definition) is 3. The molecule has 2 rings (SSSR count). The number of carbonyl (C=O) groups is 1. The van der Waals surface area contributed by atoms with E-state index in [9.17, 15) is 4.79 Å². The zero-order valence-electron chi connectivity index (χ0n) is 13.5. The second kappa shape index (κ2) is 7.49. The molecule has 1 N–H and O–H groups in total. The molecule has 4 nitrogen and oxygen atoms in total. The van der Waals surface area contributed by atoms with E-state index in [1.54, 1.807) is 6.20 Å². The van der Waals surface area contributed by atoms with Crippen LogP contribution in [0.1, 0.15) is 38.7 Å². The number of amides is 1. The van der Waals surface area contributed by atoms with Gasteiger partial charge in [0, 0.05) is 25.1 Å². The highest BCUT2D eigenvalue weighted by molar-refractivity contribution is 8.00. The molecule has 0 saturated heterocycles. The standard InChI is InChI=1S/C17H23N3OS/c1-5-12(2)14-8-6-7-9-15(14)19-16(21)13(3)22-17-18-10-11-20(17)4/h6-13H,5H2,1-4H3,(H,19,21)/t12-,13+/m1/s1. The number of hydrogen-bond donors (Lipinski definition) is 1. The van der Waals surface area contributed by atoms with Crippen LogP contribution in [0.4, 0.5) is 5.69 Å². The van der Waals surface area contributed by atoms with Crippen molar-refractivity contribution in [2.45, 2.75) is 43.5 Å². The first-order chi connectivity index (χ1) is 10.5. The Kier molecular flexibility index (Phi) is 5.66. The summed E-state index contributed by atoms with van der Waals surface area (Å²) in [5.41, 5.74) is 2.10. The molecule has 0 spiro atoms. The smallest absolute Gasteiger partial charge is 0.237 e. The highest BCUT2D eigenvalue weighted by atomic mass is 32.2. The van der Waals surface area contributed by atoms with Crippen LogP contribution in [0.15, 0.2) is 41.8 Å². The first-order valence-corrected chi connectivity index (χ1v) is 8.44. The van der Waals surface area contributed by atoms with Crippen molar-refractivity contribution < 1.29 is 4.79 Å². The number of aromatic nitrogens is 2. The van der Waals surface area contributed by atoms with E-state index in [1.165, 1.54) is 17.3 Å². The summed E-state index contributed by atoms with van der Waals surface area (Å²) >= 11 is 1.46. The highest BCUT2D eigenvalue weighted by Crippen LogP contribution is 2.28. The van der Waals surface area contributed by atoms with E-state index in [1.807, 2.05) is 42.9 Å². The Morgan fingerprint density at radius 1 is 1.36 bits per heavy atom. The SMILES string of the molecule is CC[C@@H](C)c1ccccc1NC(=O)[C@H](C)Sc1nccn1C. The van der Waals surface area contributed by atoms with Gasteiger partial charge >= 0.3 is 0 Å². The lowest BCUT2D eigenvalue weighted by Gasteiger charge is -2.17. The maximum Gasteiger partial charge on any atom is 0.237 e. The number of carbonyl (C=O) groups excluding carboxylic acids is 1. The monoisotopic (exact) mass is 317 g/mol. The summed E-state index contributed by atoms with van der Waals surface area (Å²) in [7, 11) is 1.93. The average molecular weight is 317 g/mol. The van der Waals surface area contributed by atoms with E-state index >= 15 is 0 Å². The maximum absolute atomic E-state index is 12.4. The number of imidazole rings is 1. The van der Waals surface area contributed by atoms with Crippen LogP contribution < -0.4 is 5.32 Å². The topological polar surface area (TPSA) is 46.9 Å². The van der Waals surface area contributed by atoms with Gasteiger partial charge in [0.2, 0.25) is 5.91 Å². The van der Waals surface area contributed by atoms with Crippen LogP contribution in [0.25, 0.3) is 0 Å². The summed E-state index contributed by atoms with van der Waals surface area (Å²) < 4.78 is 1.92. The second-order valence-corrected chi connectivity index (χ2v) is 6.77. The third-order valence-corrected chi connectivity index (χ3v) is 4.96. The maximum atomic E-state index is 12.4. The Morgan fingerprint density at radius 3 is 2.73 bits per heavy atom. The number of nitrogens with zero attached hydrogens (tertiary/aromatic N) is 2. The van der Waals surface area contributed by atoms with Gasteiger partial charge < -0.3 is 9.88 Å². The van der Waals surface area contributed by atoms with Crippen molar-refractivity contribution in [3.05, 3.63) is 42.2 Å². The van der Waals surface area contributed by atoms with Crippen molar-refractivity contribution >= 4 is 23.4 Å². The molecule has 1 aromatic heterocycles. The van der Waals surface area contributed by atoms with Crippen molar-refractivity contribution in [1.82, 2.24) is 9.55 Å². The molecule has 5 heteroatoms. The molecule has 2 atom stereocenters.